The zero-order valence-electron chi connectivity index (χ0n) is 13.0. The number of hydrogen-bond donors (Lipinski definition) is 1. The van der Waals surface area contributed by atoms with Crippen LogP contribution >= 0.6 is 0 Å². The predicted molar refractivity (Wildman–Crippen MR) is 89.6 cm³/mol. The molecule has 2 N–H and O–H groups in total. The standard InChI is InChI=1S/C17H24N4/c1-13(2)8-11-21-16-12-14(18)6-7-15(16)19-17(21)20-9-4-3-5-10-20/h6-8,12H,3-5,9-11,18H2,1-2H3. The monoisotopic (exact) mass is 284 g/mol. The molecule has 2 aromatic rings. The van der Waals surface area contributed by atoms with Gasteiger partial charge in [-0.05, 0) is 51.3 Å². The van der Waals surface area contributed by atoms with Crippen molar-refractivity contribution in [2.45, 2.75) is 39.7 Å². The Hall–Kier alpha value is -1.97. The summed E-state index contributed by atoms with van der Waals surface area (Å²) in [4.78, 5) is 7.27. The minimum atomic E-state index is 0.797. The minimum Gasteiger partial charge on any atom is -0.399 e. The van der Waals surface area contributed by atoms with Crippen LogP contribution in [-0.2, 0) is 6.54 Å². The first-order valence-corrected chi connectivity index (χ1v) is 7.79. The van der Waals surface area contributed by atoms with E-state index in [4.69, 9.17) is 10.7 Å². The summed E-state index contributed by atoms with van der Waals surface area (Å²) in [5, 5.41) is 0. The number of rotatable bonds is 3. The van der Waals surface area contributed by atoms with Gasteiger partial charge in [-0.25, -0.2) is 4.98 Å². The number of nitrogens with two attached hydrogens (primary N) is 1. The van der Waals surface area contributed by atoms with Crippen LogP contribution in [0.25, 0.3) is 11.0 Å². The maximum atomic E-state index is 5.97. The topological polar surface area (TPSA) is 47.1 Å². The lowest BCUT2D eigenvalue weighted by Gasteiger charge is -2.28. The Balaban J connectivity index is 2.08. The van der Waals surface area contributed by atoms with Gasteiger partial charge in [0.15, 0.2) is 0 Å². The van der Waals surface area contributed by atoms with E-state index in [-0.39, 0.29) is 0 Å². The van der Waals surface area contributed by atoms with Crippen molar-refractivity contribution in [3.05, 3.63) is 29.8 Å². The summed E-state index contributed by atoms with van der Waals surface area (Å²) >= 11 is 0. The van der Waals surface area contributed by atoms with E-state index >= 15 is 0 Å². The zero-order chi connectivity index (χ0) is 14.8. The normalized spacial score (nSPS) is 15.4. The van der Waals surface area contributed by atoms with Crippen molar-refractivity contribution in [3.8, 4) is 0 Å². The van der Waals surface area contributed by atoms with Gasteiger partial charge in [0.25, 0.3) is 0 Å². The number of aromatic nitrogens is 2. The lowest BCUT2D eigenvalue weighted by molar-refractivity contribution is 0.561. The van der Waals surface area contributed by atoms with Crippen LogP contribution in [0.3, 0.4) is 0 Å². The molecule has 4 heteroatoms. The van der Waals surface area contributed by atoms with Crippen molar-refractivity contribution < 1.29 is 0 Å². The Labute approximate surface area is 126 Å². The number of piperidine rings is 1. The van der Waals surface area contributed by atoms with Crippen molar-refractivity contribution in [3.63, 3.8) is 0 Å². The first-order chi connectivity index (χ1) is 10.1. The van der Waals surface area contributed by atoms with Crippen molar-refractivity contribution >= 4 is 22.7 Å². The molecule has 0 amide bonds. The van der Waals surface area contributed by atoms with Gasteiger partial charge >= 0.3 is 0 Å². The molecule has 1 saturated heterocycles. The van der Waals surface area contributed by atoms with Gasteiger partial charge in [0, 0.05) is 25.3 Å². The van der Waals surface area contributed by atoms with Crippen LogP contribution in [0.4, 0.5) is 11.6 Å². The lowest BCUT2D eigenvalue weighted by Crippen LogP contribution is -2.31. The van der Waals surface area contributed by atoms with Gasteiger partial charge in [-0.1, -0.05) is 11.6 Å². The van der Waals surface area contributed by atoms with Crippen molar-refractivity contribution in [1.82, 2.24) is 9.55 Å². The van der Waals surface area contributed by atoms with Crippen LogP contribution in [-0.4, -0.2) is 22.6 Å². The molecule has 0 aliphatic carbocycles. The van der Waals surface area contributed by atoms with Gasteiger partial charge in [-0.2, -0.15) is 0 Å². The molecule has 21 heavy (non-hydrogen) atoms. The highest BCUT2D eigenvalue weighted by Crippen LogP contribution is 2.26. The Kier molecular flexibility index (Phi) is 3.86. The second kappa shape index (κ2) is 5.80. The highest BCUT2D eigenvalue weighted by molar-refractivity contribution is 5.82. The highest BCUT2D eigenvalue weighted by Gasteiger charge is 2.18. The molecule has 0 saturated carbocycles. The number of hydrogen-bond acceptors (Lipinski definition) is 3. The lowest BCUT2D eigenvalue weighted by atomic mass is 10.1. The van der Waals surface area contributed by atoms with Gasteiger partial charge < -0.3 is 15.2 Å². The number of imidazole rings is 1. The van der Waals surface area contributed by atoms with Crippen LogP contribution in [0.2, 0.25) is 0 Å². The van der Waals surface area contributed by atoms with E-state index in [9.17, 15) is 0 Å². The fourth-order valence-corrected chi connectivity index (χ4v) is 2.92. The van der Waals surface area contributed by atoms with Crippen molar-refractivity contribution in [2.24, 2.45) is 0 Å². The Morgan fingerprint density at radius 2 is 2.00 bits per heavy atom. The molecule has 1 fully saturated rings. The quantitative estimate of drug-likeness (QED) is 0.692. The van der Waals surface area contributed by atoms with E-state index in [2.05, 4.69) is 29.4 Å². The number of nitrogen functional groups attached to an aromatic ring is 1. The predicted octanol–water partition coefficient (Wildman–Crippen LogP) is 3.58. The summed E-state index contributed by atoms with van der Waals surface area (Å²) in [6.07, 6.45) is 6.09. The molecule has 0 radical (unpaired) electrons. The van der Waals surface area contributed by atoms with Gasteiger partial charge in [-0.3, -0.25) is 0 Å². The molecule has 0 bridgehead atoms. The third-order valence-corrected chi connectivity index (χ3v) is 4.07. The number of fused-ring (bicyclic) bond motifs is 1. The molecule has 3 rings (SSSR count). The largest absolute Gasteiger partial charge is 0.399 e. The Morgan fingerprint density at radius 3 is 2.71 bits per heavy atom. The van der Waals surface area contributed by atoms with E-state index in [0.29, 0.717) is 0 Å². The summed E-state index contributed by atoms with van der Waals surface area (Å²) in [5.41, 5.74) is 10.3. The van der Waals surface area contributed by atoms with Gasteiger partial charge in [-0.15, -0.1) is 0 Å². The summed E-state index contributed by atoms with van der Waals surface area (Å²) in [7, 11) is 0. The summed E-state index contributed by atoms with van der Waals surface area (Å²) in [6.45, 7) is 7.33. The fourth-order valence-electron chi connectivity index (χ4n) is 2.92. The second-order valence-electron chi connectivity index (χ2n) is 6.10. The van der Waals surface area contributed by atoms with E-state index in [1.165, 1.54) is 24.8 Å². The average molecular weight is 284 g/mol. The van der Waals surface area contributed by atoms with Crippen molar-refractivity contribution in [2.75, 3.05) is 23.7 Å². The van der Waals surface area contributed by atoms with Crippen LogP contribution < -0.4 is 10.6 Å². The number of benzene rings is 1. The van der Waals surface area contributed by atoms with Crippen molar-refractivity contribution in [1.29, 1.82) is 0 Å². The van der Waals surface area contributed by atoms with Crippen LogP contribution in [0.15, 0.2) is 29.8 Å². The SMILES string of the molecule is CC(C)=CCn1c(N2CCCCC2)nc2ccc(N)cc21. The maximum Gasteiger partial charge on any atom is 0.206 e. The summed E-state index contributed by atoms with van der Waals surface area (Å²) in [5.74, 6) is 1.09. The summed E-state index contributed by atoms with van der Waals surface area (Å²) in [6, 6.07) is 5.99. The first-order valence-electron chi connectivity index (χ1n) is 7.79. The molecule has 0 atom stereocenters. The minimum absolute atomic E-state index is 0.797. The summed E-state index contributed by atoms with van der Waals surface area (Å²) < 4.78 is 2.30. The Morgan fingerprint density at radius 1 is 1.24 bits per heavy atom. The highest BCUT2D eigenvalue weighted by atomic mass is 15.3. The molecule has 0 unspecified atom stereocenters. The van der Waals surface area contributed by atoms with E-state index in [0.717, 1.165) is 42.3 Å². The molecule has 1 aromatic heterocycles. The third kappa shape index (κ3) is 2.89. The molecule has 112 valence electrons. The molecule has 1 aliphatic rings. The van der Waals surface area contributed by atoms with E-state index in [1.807, 2.05) is 18.2 Å². The smallest absolute Gasteiger partial charge is 0.206 e. The molecule has 2 heterocycles. The molecular weight excluding hydrogens is 260 g/mol. The number of nitrogens with zero attached hydrogens (tertiary/aromatic N) is 3. The van der Waals surface area contributed by atoms with Gasteiger partial charge in [0.1, 0.15) is 0 Å². The fraction of sp³-hybridized carbons (Fsp3) is 0.471. The molecule has 0 spiro atoms. The molecule has 4 nitrogen and oxygen atoms in total. The number of anilines is 2. The molecule has 1 aromatic carbocycles. The van der Waals surface area contributed by atoms with Crippen LogP contribution in [0, 0.1) is 0 Å². The van der Waals surface area contributed by atoms with E-state index < -0.39 is 0 Å². The molecule has 1 aliphatic heterocycles. The second-order valence-corrected chi connectivity index (χ2v) is 6.10. The van der Waals surface area contributed by atoms with E-state index in [1.54, 1.807) is 0 Å². The maximum absolute atomic E-state index is 5.97. The van der Waals surface area contributed by atoms with Crippen LogP contribution in [0.1, 0.15) is 33.1 Å². The van der Waals surface area contributed by atoms with Crippen LogP contribution in [0.5, 0.6) is 0 Å². The van der Waals surface area contributed by atoms with Gasteiger partial charge in [0.2, 0.25) is 5.95 Å². The third-order valence-electron chi connectivity index (χ3n) is 4.07. The average Bonchev–Trinajstić information content (AvgIpc) is 2.84. The first kappa shape index (κ1) is 14.0. The number of allylic oxidation sites excluding steroid dienone is 2. The zero-order valence-corrected chi connectivity index (χ0v) is 13.0. The molecular formula is C17H24N4. The van der Waals surface area contributed by atoms with Gasteiger partial charge in [0.05, 0.1) is 11.0 Å². The Bertz CT molecular complexity index is 659.